The van der Waals surface area contributed by atoms with Crippen LogP contribution in [0.15, 0.2) is 58.0 Å². The molecule has 1 aromatic heterocycles. The van der Waals surface area contributed by atoms with Crippen LogP contribution in [0.3, 0.4) is 0 Å². The summed E-state index contributed by atoms with van der Waals surface area (Å²) < 4.78 is 19.4. The van der Waals surface area contributed by atoms with E-state index in [0.717, 1.165) is 37.7 Å². The molecule has 1 aliphatic rings. The molecule has 1 aliphatic heterocycles. The quantitative estimate of drug-likeness (QED) is 0.283. The molecular formula is C22H25ClFIN6O. The molecule has 0 spiro atoms. The number of halogens is 3. The summed E-state index contributed by atoms with van der Waals surface area (Å²) in [5, 5.41) is 8.05. The van der Waals surface area contributed by atoms with Gasteiger partial charge < -0.3 is 19.6 Å². The fourth-order valence-corrected chi connectivity index (χ4v) is 3.68. The van der Waals surface area contributed by atoms with Crippen LogP contribution in [0.1, 0.15) is 5.89 Å². The van der Waals surface area contributed by atoms with Gasteiger partial charge in [0.15, 0.2) is 5.96 Å². The number of nitrogens with one attached hydrogen (secondary N) is 1. The number of aromatic nitrogens is 2. The largest absolute Gasteiger partial charge is 0.366 e. The minimum Gasteiger partial charge on any atom is -0.366 e. The molecule has 0 bridgehead atoms. The molecule has 7 nitrogen and oxygen atoms in total. The maximum atomic E-state index is 14.0. The molecule has 0 saturated carbocycles. The molecule has 1 fully saturated rings. The van der Waals surface area contributed by atoms with E-state index in [0.29, 0.717) is 35.4 Å². The van der Waals surface area contributed by atoms with E-state index < -0.39 is 0 Å². The lowest BCUT2D eigenvalue weighted by atomic mass is 10.2. The third kappa shape index (κ3) is 5.89. The third-order valence-corrected chi connectivity index (χ3v) is 5.43. The van der Waals surface area contributed by atoms with Crippen LogP contribution in [-0.4, -0.2) is 60.8 Å². The van der Waals surface area contributed by atoms with Crippen LogP contribution in [0.2, 0.25) is 5.02 Å². The van der Waals surface area contributed by atoms with Gasteiger partial charge in [-0.2, -0.15) is 4.98 Å². The van der Waals surface area contributed by atoms with Gasteiger partial charge in [-0.3, -0.25) is 4.99 Å². The van der Waals surface area contributed by atoms with Crippen molar-refractivity contribution in [3.05, 3.63) is 65.3 Å². The van der Waals surface area contributed by atoms with Crippen LogP contribution in [0.5, 0.6) is 0 Å². The Balaban J connectivity index is 0.00000289. The number of aliphatic imine (C=N–C) groups is 1. The molecule has 170 valence electrons. The Morgan fingerprint density at radius 2 is 1.84 bits per heavy atom. The van der Waals surface area contributed by atoms with E-state index in [-0.39, 0.29) is 29.8 Å². The molecule has 0 unspecified atom stereocenters. The fraction of sp³-hybridized carbons (Fsp3) is 0.318. The molecule has 3 aromatic rings. The minimum atomic E-state index is -0.184. The van der Waals surface area contributed by atoms with Gasteiger partial charge in [0, 0.05) is 56.8 Å². The van der Waals surface area contributed by atoms with Gasteiger partial charge in [-0.15, -0.1) is 24.0 Å². The van der Waals surface area contributed by atoms with Gasteiger partial charge >= 0.3 is 0 Å². The molecule has 1 saturated heterocycles. The van der Waals surface area contributed by atoms with Crippen molar-refractivity contribution in [3.8, 4) is 11.4 Å². The predicted molar refractivity (Wildman–Crippen MR) is 135 cm³/mol. The number of hydrogen-bond donors (Lipinski definition) is 1. The number of para-hydroxylation sites is 1. The van der Waals surface area contributed by atoms with Gasteiger partial charge in [-0.1, -0.05) is 28.9 Å². The zero-order chi connectivity index (χ0) is 21.6. The van der Waals surface area contributed by atoms with Crippen LogP contribution >= 0.6 is 35.6 Å². The van der Waals surface area contributed by atoms with Crippen LogP contribution in [0.25, 0.3) is 11.4 Å². The Bertz CT molecular complexity index is 1040. The summed E-state index contributed by atoms with van der Waals surface area (Å²) in [7, 11) is 1.76. The van der Waals surface area contributed by atoms with E-state index in [1.165, 1.54) is 6.07 Å². The normalized spacial score (nSPS) is 14.3. The second-order valence-corrected chi connectivity index (χ2v) is 7.60. The highest BCUT2D eigenvalue weighted by Crippen LogP contribution is 2.20. The number of nitrogens with zero attached hydrogens (tertiary/aromatic N) is 5. The van der Waals surface area contributed by atoms with E-state index in [9.17, 15) is 4.39 Å². The molecule has 10 heteroatoms. The van der Waals surface area contributed by atoms with Gasteiger partial charge in [-0.05, 0) is 36.4 Å². The van der Waals surface area contributed by atoms with E-state index in [2.05, 4.69) is 30.2 Å². The maximum absolute atomic E-state index is 14.0. The van der Waals surface area contributed by atoms with Crippen LogP contribution in [0, 0.1) is 5.82 Å². The van der Waals surface area contributed by atoms with Gasteiger partial charge in [0.25, 0.3) is 0 Å². The summed E-state index contributed by atoms with van der Waals surface area (Å²) in [6.07, 6.45) is 0.578. The first-order valence-electron chi connectivity index (χ1n) is 10.2. The lowest BCUT2D eigenvalue weighted by molar-refractivity contribution is 0.364. The van der Waals surface area contributed by atoms with Crippen LogP contribution in [0.4, 0.5) is 10.1 Å². The Kier molecular flexibility index (Phi) is 8.68. The summed E-state index contributed by atoms with van der Waals surface area (Å²) in [4.78, 5) is 13.1. The number of anilines is 1. The number of benzene rings is 2. The maximum Gasteiger partial charge on any atom is 0.228 e. The van der Waals surface area contributed by atoms with Crippen molar-refractivity contribution in [3.63, 3.8) is 0 Å². The first kappa shape index (κ1) is 24.2. The van der Waals surface area contributed by atoms with Crippen molar-refractivity contribution in [2.45, 2.75) is 6.42 Å². The Hall–Kier alpha value is -2.40. The Morgan fingerprint density at radius 3 is 2.53 bits per heavy atom. The predicted octanol–water partition coefficient (Wildman–Crippen LogP) is 4.09. The van der Waals surface area contributed by atoms with Crippen molar-refractivity contribution < 1.29 is 8.91 Å². The third-order valence-electron chi connectivity index (χ3n) is 5.18. The van der Waals surface area contributed by atoms with Crippen LogP contribution in [-0.2, 0) is 6.42 Å². The lowest BCUT2D eigenvalue weighted by Gasteiger charge is -2.37. The van der Waals surface area contributed by atoms with Crippen molar-refractivity contribution in [1.29, 1.82) is 0 Å². The number of guanidine groups is 1. The van der Waals surface area contributed by atoms with Crippen molar-refractivity contribution in [2.75, 3.05) is 44.7 Å². The first-order chi connectivity index (χ1) is 15.1. The van der Waals surface area contributed by atoms with E-state index >= 15 is 0 Å². The lowest BCUT2D eigenvalue weighted by Crippen LogP contribution is -2.53. The molecule has 32 heavy (non-hydrogen) atoms. The van der Waals surface area contributed by atoms with Gasteiger partial charge in [0.1, 0.15) is 5.82 Å². The topological polar surface area (TPSA) is 69.8 Å². The van der Waals surface area contributed by atoms with E-state index in [1.54, 1.807) is 25.2 Å². The zero-order valence-corrected chi connectivity index (χ0v) is 20.8. The number of piperazine rings is 1. The first-order valence-corrected chi connectivity index (χ1v) is 10.6. The molecule has 1 N–H and O–H groups in total. The van der Waals surface area contributed by atoms with Crippen molar-refractivity contribution >= 4 is 47.2 Å². The Morgan fingerprint density at radius 1 is 1.12 bits per heavy atom. The SMILES string of the molecule is CN=C(NCCc1nc(-c2ccc(Cl)cc2)no1)N1CCN(c2ccccc2F)CC1.I. The van der Waals surface area contributed by atoms with E-state index in [1.807, 2.05) is 24.3 Å². The smallest absolute Gasteiger partial charge is 0.228 e. The second-order valence-electron chi connectivity index (χ2n) is 7.17. The highest BCUT2D eigenvalue weighted by Gasteiger charge is 2.21. The molecule has 0 atom stereocenters. The Labute approximate surface area is 208 Å². The fourth-order valence-electron chi connectivity index (χ4n) is 3.55. The zero-order valence-electron chi connectivity index (χ0n) is 17.7. The van der Waals surface area contributed by atoms with Crippen LogP contribution < -0.4 is 10.2 Å². The molecule has 2 heterocycles. The number of hydrogen-bond acceptors (Lipinski definition) is 5. The molecule has 0 amide bonds. The molecule has 0 aliphatic carbocycles. The van der Waals surface area contributed by atoms with Gasteiger partial charge in [-0.25, -0.2) is 4.39 Å². The highest BCUT2D eigenvalue weighted by atomic mass is 127. The summed E-state index contributed by atoms with van der Waals surface area (Å²) >= 11 is 5.92. The summed E-state index contributed by atoms with van der Waals surface area (Å²) in [5.74, 6) is 1.72. The molecule has 0 radical (unpaired) electrons. The average molecular weight is 571 g/mol. The summed E-state index contributed by atoms with van der Waals surface area (Å²) in [6, 6.07) is 14.2. The second kappa shape index (κ2) is 11.5. The van der Waals surface area contributed by atoms with Gasteiger partial charge in [0.2, 0.25) is 11.7 Å². The monoisotopic (exact) mass is 570 g/mol. The van der Waals surface area contributed by atoms with Crippen molar-refractivity contribution in [1.82, 2.24) is 20.4 Å². The minimum absolute atomic E-state index is 0. The average Bonchev–Trinajstić information content (AvgIpc) is 3.27. The van der Waals surface area contributed by atoms with Crippen molar-refractivity contribution in [2.24, 2.45) is 4.99 Å². The molecular weight excluding hydrogens is 546 g/mol. The highest BCUT2D eigenvalue weighted by molar-refractivity contribution is 14.0. The van der Waals surface area contributed by atoms with Gasteiger partial charge in [0.05, 0.1) is 5.69 Å². The summed E-state index contributed by atoms with van der Waals surface area (Å²) in [6.45, 7) is 3.60. The number of rotatable bonds is 5. The van der Waals surface area contributed by atoms with E-state index in [4.69, 9.17) is 16.1 Å². The standard InChI is InChI=1S/C22H24ClFN6O.HI/c1-25-22(30-14-12-29(13-15-30)19-5-3-2-4-18(19)24)26-11-10-20-27-21(28-31-20)16-6-8-17(23)9-7-16;/h2-9H,10-15H2,1H3,(H,25,26);1H. The molecule has 4 rings (SSSR count). The summed E-state index contributed by atoms with van der Waals surface area (Å²) in [5.41, 5.74) is 1.51. The molecule has 2 aromatic carbocycles.